The first-order valence-corrected chi connectivity index (χ1v) is 10.2. The average molecular weight is 430 g/mol. The van der Waals surface area contributed by atoms with Crippen molar-refractivity contribution in [2.24, 2.45) is 0 Å². The summed E-state index contributed by atoms with van der Waals surface area (Å²) < 4.78 is 6.43. The first-order valence-electron chi connectivity index (χ1n) is 9.39. The number of carbonyl (C=O) groups is 2. The summed E-state index contributed by atoms with van der Waals surface area (Å²) in [6.45, 7) is 3.35. The van der Waals surface area contributed by atoms with Crippen molar-refractivity contribution in [1.29, 1.82) is 0 Å². The zero-order valence-electron chi connectivity index (χ0n) is 15.5. The van der Waals surface area contributed by atoms with Gasteiger partial charge in [0, 0.05) is 29.4 Å². The van der Waals surface area contributed by atoms with Crippen molar-refractivity contribution in [3.05, 3.63) is 64.1 Å². The zero-order chi connectivity index (χ0) is 19.2. The lowest BCUT2D eigenvalue weighted by molar-refractivity contribution is -0.132. The smallest absolute Gasteiger partial charge is 0.223 e. The highest BCUT2D eigenvalue weighted by Gasteiger charge is 2.29. The molecule has 3 rings (SSSR count). The Kier molecular flexibility index (Phi) is 6.67. The van der Waals surface area contributed by atoms with E-state index in [4.69, 9.17) is 4.74 Å². The van der Waals surface area contributed by atoms with Gasteiger partial charge in [-0.3, -0.25) is 9.59 Å². The number of nitrogens with zero attached hydrogens (tertiary/aromatic N) is 1. The third kappa shape index (κ3) is 4.98. The van der Waals surface area contributed by atoms with Crippen LogP contribution in [-0.2, 0) is 4.79 Å². The van der Waals surface area contributed by atoms with Crippen LogP contribution in [-0.4, -0.2) is 29.7 Å². The Morgan fingerprint density at radius 2 is 1.78 bits per heavy atom. The van der Waals surface area contributed by atoms with Crippen LogP contribution in [0.4, 0.5) is 0 Å². The molecule has 1 aliphatic heterocycles. The van der Waals surface area contributed by atoms with Gasteiger partial charge in [0.05, 0.1) is 12.6 Å². The summed E-state index contributed by atoms with van der Waals surface area (Å²) in [5, 5.41) is 0. The highest BCUT2D eigenvalue weighted by Crippen LogP contribution is 2.33. The summed E-state index contributed by atoms with van der Waals surface area (Å²) in [7, 11) is 0. The molecule has 0 aromatic heterocycles. The maximum Gasteiger partial charge on any atom is 0.223 e. The predicted molar refractivity (Wildman–Crippen MR) is 109 cm³/mol. The van der Waals surface area contributed by atoms with E-state index in [0.717, 1.165) is 35.2 Å². The lowest BCUT2D eigenvalue weighted by Gasteiger charge is -2.25. The van der Waals surface area contributed by atoms with Crippen LogP contribution in [0.3, 0.4) is 0 Å². The predicted octanol–water partition coefficient (Wildman–Crippen LogP) is 5.17. The molecule has 0 radical (unpaired) electrons. The number of benzene rings is 2. The number of hydrogen-bond donors (Lipinski definition) is 0. The third-order valence-corrected chi connectivity index (χ3v) is 5.41. The van der Waals surface area contributed by atoms with Gasteiger partial charge in [-0.1, -0.05) is 40.2 Å². The van der Waals surface area contributed by atoms with Gasteiger partial charge >= 0.3 is 0 Å². The van der Waals surface area contributed by atoms with Gasteiger partial charge in [0.1, 0.15) is 5.75 Å². The Hall–Kier alpha value is -2.14. The SMILES string of the molecule is CCOc1ccc(C2CCCN2C(=O)CCC(=O)c2ccc(Br)cc2)cc1. The molecular weight excluding hydrogens is 406 g/mol. The summed E-state index contributed by atoms with van der Waals surface area (Å²) in [4.78, 5) is 27.0. The van der Waals surface area contributed by atoms with Crippen LogP contribution in [0.2, 0.25) is 0 Å². The Labute approximate surface area is 168 Å². The van der Waals surface area contributed by atoms with Gasteiger partial charge in [-0.2, -0.15) is 0 Å². The van der Waals surface area contributed by atoms with Crippen LogP contribution in [0, 0.1) is 0 Å². The van der Waals surface area contributed by atoms with E-state index in [1.807, 2.05) is 48.2 Å². The molecule has 2 aromatic carbocycles. The first-order chi connectivity index (χ1) is 13.1. The molecule has 1 saturated heterocycles. The van der Waals surface area contributed by atoms with Crippen molar-refractivity contribution < 1.29 is 14.3 Å². The van der Waals surface area contributed by atoms with Gasteiger partial charge in [0.25, 0.3) is 0 Å². The fourth-order valence-corrected chi connectivity index (χ4v) is 3.77. The van der Waals surface area contributed by atoms with E-state index in [2.05, 4.69) is 15.9 Å². The number of amides is 1. The molecule has 142 valence electrons. The monoisotopic (exact) mass is 429 g/mol. The molecule has 1 unspecified atom stereocenters. The second-order valence-electron chi connectivity index (χ2n) is 6.68. The van der Waals surface area contributed by atoms with Gasteiger partial charge in [0.2, 0.25) is 5.91 Å². The number of hydrogen-bond acceptors (Lipinski definition) is 3. The largest absolute Gasteiger partial charge is 0.494 e. The van der Waals surface area contributed by atoms with E-state index in [1.165, 1.54) is 0 Å². The second kappa shape index (κ2) is 9.18. The van der Waals surface area contributed by atoms with Crippen molar-refractivity contribution in [3.63, 3.8) is 0 Å². The molecular formula is C22H24BrNO3. The van der Waals surface area contributed by atoms with Crippen molar-refractivity contribution in [1.82, 2.24) is 4.90 Å². The van der Waals surface area contributed by atoms with E-state index in [0.29, 0.717) is 12.2 Å². The summed E-state index contributed by atoms with van der Waals surface area (Å²) in [5.41, 5.74) is 1.78. The maximum absolute atomic E-state index is 12.7. The van der Waals surface area contributed by atoms with Crippen LogP contribution < -0.4 is 4.74 Å². The molecule has 4 nitrogen and oxygen atoms in total. The number of ether oxygens (including phenoxy) is 1. The summed E-state index contributed by atoms with van der Waals surface area (Å²) in [6.07, 6.45) is 2.44. The van der Waals surface area contributed by atoms with Gasteiger partial charge in [-0.25, -0.2) is 0 Å². The number of ketones is 1. The fraction of sp³-hybridized carbons (Fsp3) is 0.364. The zero-order valence-corrected chi connectivity index (χ0v) is 17.1. The first kappa shape index (κ1) is 19.6. The van der Waals surface area contributed by atoms with Crippen molar-refractivity contribution >= 4 is 27.6 Å². The van der Waals surface area contributed by atoms with Crippen LogP contribution in [0.15, 0.2) is 53.0 Å². The Morgan fingerprint density at radius 1 is 1.07 bits per heavy atom. The lowest BCUT2D eigenvalue weighted by atomic mass is 10.0. The van der Waals surface area contributed by atoms with Crippen LogP contribution in [0.5, 0.6) is 5.75 Å². The standard InChI is InChI=1S/C22H24BrNO3/c1-2-27-19-11-7-16(8-12-19)20-4-3-15-24(20)22(26)14-13-21(25)17-5-9-18(23)10-6-17/h5-12,20H,2-4,13-15H2,1H3. The normalized spacial score (nSPS) is 16.4. The number of carbonyl (C=O) groups excluding carboxylic acids is 2. The Bertz CT molecular complexity index is 786. The molecule has 27 heavy (non-hydrogen) atoms. The molecule has 0 N–H and O–H groups in total. The molecule has 1 fully saturated rings. The average Bonchev–Trinajstić information content (AvgIpc) is 3.17. The number of rotatable bonds is 7. The minimum atomic E-state index is 0.00710. The summed E-state index contributed by atoms with van der Waals surface area (Å²) in [6, 6.07) is 15.3. The summed E-state index contributed by atoms with van der Waals surface area (Å²) in [5.74, 6) is 0.904. The van der Waals surface area contributed by atoms with E-state index >= 15 is 0 Å². The summed E-state index contributed by atoms with van der Waals surface area (Å²) >= 11 is 3.36. The maximum atomic E-state index is 12.7. The topological polar surface area (TPSA) is 46.6 Å². The molecule has 0 bridgehead atoms. The minimum absolute atomic E-state index is 0.00710. The molecule has 1 aliphatic rings. The van der Waals surface area contributed by atoms with Gasteiger partial charge in [-0.15, -0.1) is 0 Å². The molecule has 2 aromatic rings. The molecule has 0 aliphatic carbocycles. The van der Waals surface area contributed by atoms with E-state index in [1.54, 1.807) is 12.1 Å². The molecule has 0 spiro atoms. The van der Waals surface area contributed by atoms with Gasteiger partial charge in [-0.05, 0) is 49.6 Å². The van der Waals surface area contributed by atoms with Crippen molar-refractivity contribution in [2.75, 3.05) is 13.2 Å². The molecule has 1 heterocycles. The number of Topliss-reactive ketones (excluding diaryl/α,β-unsaturated/α-hetero) is 1. The molecule has 0 saturated carbocycles. The van der Waals surface area contributed by atoms with E-state index in [9.17, 15) is 9.59 Å². The van der Waals surface area contributed by atoms with Crippen LogP contribution in [0.25, 0.3) is 0 Å². The number of halogens is 1. The molecule has 5 heteroatoms. The fourth-order valence-electron chi connectivity index (χ4n) is 3.51. The van der Waals surface area contributed by atoms with Crippen molar-refractivity contribution in [3.8, 4) is 5.75 Å². The highest BCUT2D eigenvalue weighted by atomic mass is 79.9. The molecule has 1 atom stereocenters. The number of likely N-dealkylation sites (tertiary alicyclic amines) is 1. The second-order valence-corrected chi connectivity index (χ2v) is 7.59. The third-order valence-electron chi connectivity index (χ3n) is 4.88. The van der Waals surface area contributed by atoms with Gasteiger partial charge in [0.15, 0.2) is 5.78 Å². The lowest BCUT2D eigenvalue weighted by Crippen LogP contribution is -2.30. The van der Waals surface area contributed by atoms with Crippen LogP contribution in [0.1, 0.15) is 54.6 Å². The van der Waals surface area contributed by atoms with Gasteiger partial charge < -0.3 is 9.64 Å². The van der Waals surface area contributed by atoms with Crippen molar-refractivity contribution in [2.45, 2.75) is 38.6 Å². The van der Waals surface area contributed by atoms with E-state index < -0.39 is 0 Å². The van der Waals surface area contributed by atoms with Crippen LogP contribution >= 0.6 is 15.9 Å². The molecule has 1 amide bonds. The quantitative estimate of drug-likeness (QED) is 0.569. The Morgan fingerprint density at radius 3 is 2.44 bits per heavy atom. The Balaban J connectivity index is 1.59. The minimum Gasteiger partial charge on any atom is -0.494 e. The van der Waals surface area contributed by atoms with E-state index in [-0.39, 0.29) is 30.6 Å². The highest BCUT2D eigenvalue weighted by molar-refractivity contribution is 9.10.